The highest BCUT2D eigenvalue weighted by Crippen LogP contribution is 2.23. The quantitative estimate of drug-likeness (QED) is 0.752. The summed E-state index contributed by atoms with van der Waals surface area (Å²) in [4.78, 5) is 28.4. The summed E-state index contributed by atoms with van der Waals surface area (Å²) in [6, 6.07) is 0. The molecule has 0 aromatic carbocycles. The topological polar surface area (TPSA) is 80.3 Å². The van der Waals surface area contributed by atoms with Gasteiger partial charge in [0, 0.05) is 14.1 Å². The number of fused-ring (bicyclic) bond motifs is 1. The number of rotatable bonds is 2. The van der Waals surface area contributed by atoms with Crippen molar-refractivity contribution in [1.82, 2.24) is 18.7 Å². The van der Waals surface area contributed by atoms with Gasteiger partial charge in [0.15, 0.2) is 17.0 Å². The lowest BCUT2D eigenvalue weighted by Gasteiger charge is -2.17. The number of hydrogen-bond donors (Lipinski definition) is 0. The van der Waals surface area contributed by atoms with Gasteiger partial charge in [-0.05, 0) is 13.8 Å². The maximum Gasteiger partial charge on any atom is 0.332 e. The zero-order valence-electron chi connectivity index (χ0n) is 12.5. The van der Waals surface area contributed by atoms with Crippen LogP contribution in [-0.2, 0) is 30.1 Å². The van der Waals surface area contributed by atoms with Gasteiger partial charge in [0.25, 0.3) is 5.56 Å². The zero-order chi connectivity index (χ0) is 15.4. The first-order valence-corrected chi connectivity index (χ1v) is 6.73. The molecular weight excluding hydrogens is 276 g/mol. The van der Waals surface area contributed by atoms with Gasteiger partial charge in [-0.1, -0.05) is 0 Å². The third-order valence-corrected chi connectivity index (χ3v) is 3.68. The maximum atomic E-state index is 12.3. The van der Waals surface area contributed by atoms with Gasteiger partial charge in [-0.2, -0.15) is 0 Å². The molecule has 1 saturated heterocycles. The number of nitrogens with zero attached hydrogens (tertiary/aromatic N) is 4. The van der Waals surface area contributed by atoms with E-state index in [2.05, 4.69) is 4.98 Å². The van der Waals surface area contributed by atoms with Gasteiger partial charge in [-0.15, -0.1) is 0 Å². The molecule has 1 aliphatic heterocycles. The van der Waals surface area contributed by atoms with Crippen LogP contribution in [0, 0.1) is 0 Å². The molecule has 114 valence electrons. The van der Waals surface area contributed by atoms with Crippen molar-refractivity contribution >= 4 is 11.2 Å². The van der Waals surface area contributed by atoms with Crippen LogP contribution in [0.4, 0.5) is 0 Å². The maximum absolute atomic E-state index is 12.3. The molecule has 3 heterocycles. The zero-order valence-corrected chi connectivity index (χ0v) is 12.5. The van der Waals surface area contributed by atoms with E-state index in [0.717, 1.165) is 4.57 Å². The number of ether oxygens (including phenoxy) is 2. The van der Waals surface area contributed by atoms with Crippen molar-refractivity contribution in [2.45, 2.75) is 32.3 Å². The predicted octanol–water partition coefficient (Wildman–Crippen LogP) is -0.415. The van der Waals surface area contributed by atoms with E-state index in [0.29, 0.717) is 24.3 Å². The van der Waals surface area contributed by atoms with Crippen LogP contribution in [0.3, 0.4) is 0 Å². The molecule has 1 atom stereocenters. The molecule has 0 saturated carbocycles. The molecule has 1 fully saturated rings. The second kappa shape index (κ2) is 4.54. The molecular formula is C13H18N4O4. The van der Waals surface area contributed by atoms with E-state index in [4.69, 9.17) is 9.47 Å². The van der Waals surface area contributed by atoms with Crippen LogP contribution < -0.4 is 11.2 Å². The fourth-order valence-electron chi connectivity index (χ4n) is 2.61. The Morgan fingerprint density at radius 2 is 2.05 bits per heavy atom. The van der Waals surface area contributed by atoms with E-state index in [9.17, 15) is 9.59 Å². The van der Waals surface area contributed by atoms with E-state index in [1.165, 1.54) is 11.6 Å². The Labute approximate surface area is 120 Å². The molecule has 0 spiro atoms. The van der Waals surface area contributed by atoms with Crippen molar-refractivity contribution in [3.05, 3.63) is 27.2 Å². The van der Waals surface area contributed by atoms with Gasteiger partial charge < -0.3 is 14.0 Å². The van der Waals surface area contributed by atoms with Crippen LogP contribution in [0.1, 0.15) is 13.8 Å². The molecule has 2 aromatic rings. The van der Waals surface area contributed by atoms with Crippen molar-refractivity contribution < 1.29 is 9.47 Å². The minimum Gasteiger partial charge on any atom is -0.348 e. The fraction of sp³-hybridized carbons (Fsp3) is 0.615. The Hall–Kier alpha value is -1.93. The third-order valence-electron chi connectivity index (χ3n) is 3.68. The van der Waals surface area contributed by atoms with E-state index >= 15 is 0 Å². The van der Waals surface area contributed by atoms with Crippen LogP contribution in [0.2, 0.25) is 0 Å². The molecule has 21 heavy (non-hydrogen) atoms. The number of hydrogen-bond acceptors (Lipinski definition) is 5. The summed E-state index contributed by atoms with van der Waals surface area (Å²) in [7, 11) is 3.06. The Morgan fingerprint density at radius 1 is 1.33 bits per heavy atom. The van der Waals surface area contributed by atoms with Gasteiger partial charge in [0.05, 0.1) is 19.5 Å². The molecule has 1 unspecified atom stereocenters. The lowest BCUT2D eigenvalue weighted by Crippen LogP contribution is -2.38. The molecule has 0 N–H and O–H groups in total. The largest absolute Gasteiger partial charge is 0.348 e. The minimum absolute atomic E-state index is 0.153. The molecule has 0 bridgehead atoms. The van der Waals surface area contributed by atoms with Crippen molar-refractivity contribution in [2.75, 3.05) is 6.61 Å². The van der Waals surface area contributed by atoms with Crippen LogP contribution in [-0.4, -0.2) is 37.2 Å². The van der Waals surface area contributed by atoms with Gasteiger partial charge in [0.2, 0.25) is 0 Å². The Morgan fingerprint density at radius 3 is 2.67 bits per heavy atom. The summed E-state index contributed by atoms with van der Waals surface area (Å²) >= 11 is 0. The lowest BCUT2D eigenvalue weighted by atomic mass is 10.3. The standard InChI is InChI=1S/C13H18N4O4/c1-13(2)20-6-8(21-13)5-17-7-14-10-9(17)11(18)16(4)12(19)15(10)3/h7-8H,5-6H2,1-4H3. The second-order valence-electron chi connectivity index (χ2n) is 5.73. The highest BCUT2D eigenvalue weighted by Gasteiger charge is 2.33. The number of aromatic nitrogens is 4. The summed E-state index contributed by atoms with van der Waals surface area (Å²) in [5.41, 5.74) is 0.0253. The first kappa shape index (κ1) is 14.0. The highest BCUT2D eigenvalue weighted by molar-refractivity contribution is 5.69. The second-order valence-corrected chi connectivity index (χ2v) is 5.73. The molecule has 0 amide bonds. The van der Waals surface area contributed by atoms with Crippen molar-refractivity contribution in [3.63, 3.8) is 0 Å². The summed E-state index contributed by atoms with van der Waals surface area (Å²) < 4.78 is 15.4. The average Bonchev–Trinajstić information content (AvgIpc) is 2.98. The van der Waals surface area contributed by atoms with Gasteiger partial charge in [-0.3, -0.25) is 13.9 Å². The number of imidazole rings is 1. The Kier molecular flexibility index (Phi) is 3.03. The Balaban J connectivity index is 2.05. The van der Waals surface area contributed by atoms with Crippen molar-refractivity contribution in [3.8, 4) is 0 Å². The monoisotopic (exact) mass is 294 g/mol. The molecule has 8 nitrogen and oxygen atoms in total. The number of aryl methyl sites for hydroxylation is 1. The smallest absolute Gasteiger partial charge is 0.332 e. The van der Waals surface area contributed by atoms with E-state index in [1.807, 2.05) is 13.8 Å². The summed E-state index contributed by atoms with van der Waals surface area (Å²) in [6.45, 7) is 4.61. The first-order chi connectivity index (χ1) is 9.80. The van der Waals surface area contributed by atoms with Crippen LogP contribution in [0.15, 0.2) is 15.9 Å². The van der Waals surface area contributed by atoms with Crippen LogP contribution in [0.5, 0.6) is 0 Å². The summed E-state index contributed by atoms with van der Waals surface area (Å²) in [5.74, 6) is -0.612. The normalized spacial score (nSPS) is 21.2. The SMILES string of the molecule is Cn1c(=O)c2c(ncn2CC2COC(C)(C)O2)n(C)c1=O. The average molecular weight is 294 g/mol. The fourth-order valence-corrected chi connectivity index (χ4v) is 2.61. The molecule has 1 aliphatic rings. The molecule has 0 radical (unpaired) electrons. The van der Waals surface area contributed by atoms with Gasteiger partial charge in [0.1, 0.15) is 6.10 Å². The first-order valence-electron chi connectivity index (χ1n) is 6.73. The lowest BCUT2D eigenvalue weighted by molar-refractivity contribution is -0.139. The molecule has 8 heteroatoms. The predicted molar refractivity (Wildman–Crippen MR) is 75.1 cm³/mol. The molecule has 3 rings (SSSR count). The van der Waals surface area contributed by atoms with Crippen molar-refractivity contribution in [1.29, 1.82) is 0 Å². The van der Waals surface area contributed by atoms with E-state index < -0.39 is 5.79 Å². The van der Waals surface area contributed by atoms with Crippen LogP contribution in [0.25, 0.3) is 11.2 Å². The molecule has 0 aliphatic carbocycles. The Bertz CT molecular complexity index is 814. The highest BCUT2D eigenvalue weighted by atomic mass is 16.7. The summed E-state index contributed by atoms with van der Waals surface area (Å²) in [6.07, 6.45) is 1.40. The van der Waals surface area contributed by atoms with Gasteiger partial charge in [-0.25, -0.2) is 9.78 Å². The van der Waals surface area contributed by atoms with E-state index in [1.54, 1.807) is 17.9 Å². The van der Waals surface area contributed by atoms with Crippen molar-refractivity contribution in [2.24, 2.45) is 14.1 Å². The molecule has 2 aromatic heterocycles. The third kappa shape index (κ3) is 2.20. The van der Waals surface area contributed by atoms with Crippen LogP contribution >= 0.6 is 0 Å². The summed E-state index contributed by atoms with van der Waals surface area (Å²) in [5, 5.41) is 0. The van der Waals surface area contributed by atoms with E-state index in [-0.39, 0.29) is 17.4 Å². The minimum atomic E-state index is -0.612. The van der Waals surface area contributed by atoms with Gasteiger partial charge >= 0.3 is 5.69 Å².